The Morgan fingerprint density at radius 2 is 2.29 bits per heavy atom. The fourth-order valence-corrected chi connectivity index (χ4v) is 4.09. The summed E-state index contributed by atoms with van der Waals surface area (Å²) in [5.41, 5.74) is 1.64. The van der Waals surface area contributed by atoms with Crippen molar-refractivity contribution in [3.63, 3.8) is 0 Å². The van der Waals surface area contributed by atoms with Crippen molar-refractivity contribution >= 4 is 17.7 Å². The molecule has 4 rings (SSSR count). The van der Waals surface area contributed by atoms with Crippen LogP contribution in [0.3, 0.4) is 0 Å². The molecule has 0 spiro atoms. The van der Waals surface area contributed by atoms with Crippen LogP contribution in [-0.2, 0) is 12.8 Å². The summed E-state index contributed by atoms with van der Waals surface area (Å²) in [7, 11) is 0. The number of hydrogen-bond acceptors (Lipinski definition) is 4. The number of nitrogens with zero attached hydrogens (tertiary/aromatic N) is 1. The fraction of sp³-hybridized carbons (Fsp3) is 0.429. The van der Waals surface area contributed by atoms with Crippen LogP contribution in [0.4, 0.5) is 4.79 Å². The van der Waals surface area contributed by atoms with Gasteiger partial charge in [0.25, 0.3) is 0 Å². The molecule has 3 N–H and O–H groups in total. The summed E-state index contributed by atoms with van der Waals surface area (Å²) in [6, 6.07) is 7.01. The number of H-pyrrole nitrogens is 1. The zero-order valence-corrected chi connectivity index (χ0v) is 16.2. The summed E-state index contributed by atoms with van der Waals surface area (Å²) in [6.07, 6.45) is 4.78. The molecule has 1 fully saturated rings. The van der Waals surface area contributed by atoms with Crippen LogP contribution in [0, 0.1) is 11.8 Å². The number of amides is 1. The standard InChI is InChI=1S/C21H22ClN3O3/c22-15-5-1-4-14(12-15)9-11-21(27)10-3-6-16(13-21)23-20(26)28-19-17-7-2-8-18(17)24-25-19/h1,4-5,12,16,27H,2-3,6-8,10,13H2,(H,23,26)(H,24,25)/t16-,21+/m0/s1. The first-order chi connectivity index (χ1) is 13.5. The second kappa shape index (κ2) is 7.86. The summed E-state index contributed by atoms with van der Waals surface area (Å²) in [4.78, 5) is 12.3. The third-order valence-electron chi connectivity index (χ3n) is 5.27. The number of nitrogens with one attached hydrogen (secondary N) is 2. The largest absolute Gasteiger partial charge is 0.414 e. The minimum Gasteiger partial charge on any atom is -0.389 e. The number of carbonyl (C=O) groups is 1. The molecule has 2 aliphatic carbocycles. The smallest absolute Gasteiger partial charge is 0.389 e. The van der Waals surface area contributed by atoms with E-state index in [1.165, 1.54) is 0 Å². The lowest BCUT2D eigenvalue weighted by atomic mass is 9.82. The zero-order chi connectivity index (χ0) is 19.6. The monoisotopic (exact) mass is 399 g/mol. The Labute approximate surface area is 168 Å². The van der Waals surface area contributed by atoms with Gasteiger partial charge in [0, 0.05) is 34.3 Å². The molecule has 6 nitrogen and oxygen atoms in total. The van der Waals surface area contributed by atoms with Gasteiger partial charge in [0.2, 0.25) is 5.88 Å². The SMILES string of the molecule is O=C(N[C@H]1CCC[C@@](O)(C#Cc2cccc(Cl)c2)C1)Oc1n[nH]c2c1CCC2. The van der Waals surface area contributed by atoms with Gasteiger partial charge in [0.1, 0.15) is 5.60 Å². The van der Waals surface area contributed by atoms with Crippen LogP contribution in [0.15, 0.2) is 24.3 Å². The molecule has 0 radical (unpaired) electrons. The van der Waals surface area contributed by atoms with Crippen LogP contribution >= 0.6 is 11.6 Å². The Morgan fingerprint density at radius 1 is 1.39 bits per heavy atom. The highest BCUT2D eigenvalue weighted by Gasteiger charge is 2.34. The average molecular weight is 400 g/mol. The molecule has 146 valence electrons. The van der Waals surface area contributed by atoms with Gasteiger partial charge >= 0.3 is 6.09 Å². The molecule has 1 amide bonds. The summed E-state index contributed by atoms with van der Waals surface area (Å²) < 4.78 is 5.39. The number of fused-ring (bicyclic) bond motifs is 1. The van der Waals surface area contributed by atoms with Crippen LogP contribution in [0.5, 0.6) is 5.88 Å². The van der Waals surface area contributed by atoms with Crippen molar-refractivity contribution in [2.75, 3.05) is 0 Å². The third-order valence-corrected chi connectivity index (χ3v) is 5.51. The van der Waals surface area contributed by atoms with E-state index in [4.69, 9.17) is 16.3 Å². The highest BCUT2D eigenvalue weighted by Crippen LogP contribution is 2.30. The van der Waals surface area contributed by atoms with Crippen molar-refractivity contribution in [3.05, 3.63) is 46.1 Å². The van der Waals surface area contributed by atoms with E-state index in [0.29, 0.717) is 23.7 Å². The van der Waals surface area contributed by atoms with Crippen molar-refractivity contribution in [1.29, 1.82) is 0 Å². The number of carbonyl (C=O) groups excluding carboxylic acids is 1. The van der Waals surface area contributed by atoms with Gasteiger partial charge in [-0.15, -0.1) is 5.10 Å². The summed E-state index contributed by atoms with van der Waals surface area (Å²) in [5, 5.41) is 21.3. The highest BCUT2D eigenvalue weighted by atomic mass is 35.5. The van der Waals surface area contributed by atoms with Gasteiger partial charge in [-0.05, 0) is 56.7 Å². The molecule has 0 bridgehead atoms. The number of benzene rings is 1. The van der Waals surface area contributed by atoms with E-state index in [1.54, 1.807) is 12.1 Å². The van der Waals surface area contributed by atoms with Gasteiger partial charge in [0.05, 0.1) is 0 Å². The van der Waals surface area contributed by atoms with E-state index in [9.17, 15) is 9.90 Å². The molecule has 7 heteroatoms. The Balaban J connectivity index is 1.37. The van der Waals surface area contributed by atoms with Crippen molar-refractivity contribution in [1.82, 2.24) is 15.5 Å². The van der Waals surface area contributed by atoms with Crippen molar-refractivity contribution in [3.8, 4) is 17.7 Å². The molecule has 1 heterocycles. The number of rotatable bonds is 2. The molecule has 1 aromatic carbocycles. The van der Waals surface area contributed by atoms with Crippen molar-refractivity contribution in [2.45, 2.75) is 56.6 Å². The van der Waals surface area contributed by atoms with Crippen LogP contribution in [0.1, 0.15) is 48.9 Å². The average Bonchev–Trinajstić information content (AvgIpc) is 3.25. The molecule has 2 aromatic rings. The first-order valence-electron chi connectivity index (χ1n) is 9.56. The maximum atomic E-state index is 12.3. The number of halogens is 1. The quantitative estimate of drug-likeness (QED) is 0.676. The molecular weight excluding hydrogens is 378 g/mol. The lowest BCUT2D eigenvalue weighted by molar-refractivity contribution is 0.0472. The third kappa shape index (κ3) is 4.32. The van der Waals surface area contributed by atoms with E-state index < -0.39 is 11.7 Å². The first kappa shape index (κ1) is 18.9. The maximum absolute atomic E-state index is 12.3. The Morgan fingerprint density at radius 3 is 3.14 bits per heavy atom. The number of aliphatic hydroxyl groups is 1. The summed E-state index contributed by atoms with van der Waals surface area (Å²) in [5.74, 6) is 6.31. The fourth-order valence-electron chi connectivity index (χ4n) is 3.90. The normalized spacial score (nSPS) is 23.4. The first-order valence-corrected chi connectivity index (χ1v) is 9.94. The lowest BCUT2D eigenvalue weighted by Gasteiger charge is -2.33. The van der Waals surface area contributed by atoms with Crippen LogP contribution in [0.2, 0.25) is 5.02 Å². The van der Waals surface area contributed by atoms with E-state index >= 15 is 0 Å². The molecule has 2 aliphatic rings. The van der Waals surface area contributed by atoms with Gasteiger partial charge in [-0.25, -0.2) is 4.79 Å². The Hall–Kier alpha value is -2.49. The van der Waals surface area contributed by atoms with Gasteiger partial charge in [-0.1, -0.05) is 29.5 Å². The Kier molecular flexibility index (Phi) is 5.29. The maximum Gasteiger partial charge on any atom is 0.414 e. The molecule has 28 heavy (non-hydrogen) atoms. The van der Waals surface area contributed by atoms with Gasteiger partial charge in [-0.2, -0.15) is 0 Å². The zero-order valence-electron chi connectivity index (χ0n) is 15.4. The molecule has 0 saturated heterocycles. The molecule has 0 aliphatic heterocycles. The highest BCUT2D eigenvalue weighted by molar-refractivity contribution is 6.30. The molecule has 1 aromatic heterocycles. The Bertz CT molecular complexity index is 946. The van der Waals surface area contributed by atoms with Crippen LogP contribution in [-0.4, -0.2) is 33.0 Å². The summed E-state index contributed by atoms with van der Waals surface area (Å²) in [6.45, 7) is 0. The van der Waals surface area contributed by atoms with Crippen LogP contribution < -0.4 is 10.1 Å². The van der Waals surface area contributed by atoms with E-state index in [2.05, 4.69) is 27.4 Å². The number of hydrogen-bond donors (Lipinski definition) is 3. The molecule has 0 unspecified atom stereocenters. The second-order valence-corrected chi connectivity index (χ2v) is 7.89. The minimum absolute atomic E-state index is 0.202. The van der Waals surface area contributed by atoms with Gasteiger partial charge < -0.3 is 15.2 Å². The lowest BCUT2D eigenvalue weighted by Crippen LogP contribution is -2.46. The van der Waals surface area contributed by atoms with E-state index in [1.807, 2.05) is 12.1 Å². The topological polar surface area (TPSA) is 87.2 Å². The summed E-state index contributed by atoms with van der Waals surface area (Å²) >= 11 is 5.98. The van der Waals surface area contributed by atoms with Gasteiger partial charge in [0.15, 0.2) is 0 Å². The van der Waals surface area contributed by atoms with E-state index in [-0.39, 0.29) is 6.04 Å². The van der Waals surface area contributed by atoms with Gasteiger partial charge in [-0.3, -0.25) is 5.10 Å². The van der Waals surface area contributed by atoms with Crippen molar-refractivity contribution < 1.29 is 14.6 Å². The number of aromatic nitrogens is 2. The number of ether oxygens (including phenoxy) is 1. The van der Waals surface area contributed by atoms with E-state index in [0.717, 1.165) is 48.9 Å². The van der Waals surface area contributed by atoms with Crippen LogP contribution in [0.25, 0.3) is 0 Å². The minimum atomic E-state index is -1.15. The second-order valence-electron chi connectivity index (χ2n) is 7.46. The molecule has 2 atom stereocenters. The number of aromatic amines is 1. The van der Waals surface area contributed by atoms with Crippen molar-refractivity contribution in [2.24, 2.45) is 0 Å². The molecule has 1 saturated carbocycles. The molecular formula is C21H22ClN3O3. The predicted octanol–water partition coefficient (Wildman–Crippen LogP) is 3.37. The number of aryl methyl sites for hydroxylation is 1. The predicted molar refractivity (Wildman–Crippen MR) is 105 cm³/mol.